The molecule has 0 aromatic rings. The zero-order chi connectivity index (χ0) is 12.0. The minimum absolute atomic E-state index is 0.116. The van der Waals surface area contributed by atoms with Crippen molar-refractivity contribution in [1.29, 1.82) is 0 Å². The fraction of sp³-hybridized carbons (Fsp3) is 0.800. The van der Waals surface area contributed by atoms with E-state index >= 15 is 0 Å². The molecule has 0 radical (unpaired) electrons. The van der Waals surface area contributed by atoms with Crippen LogP contribution in [0.15, 0.2) is 0 Å². The summed E-state index contributed by atoms with van der Waals surface area (Å²) in [4.78, 5) is 23.2. The molecule has 0 aromatic carbocycles. The van der Waals surface area contributed by atoms with E-state index in [9.17, 15) is 9.59 Å². The van der Waals surface area contributed by atoms with E-state index in [4.69, 9.17) is 11.5 Å². The highest BCUT2D eigenvalue weighted by atomic mass is 16.2. The summed E-state index contributed by atoms with van der Waals surface area (Å²) in [5, 5.41) is 5.43. The Bertz CT molecular complexity index is 231. The Labute approximate surface area is 95.1 Å². The molecule has 0 bridgehead atoms. The minimum Gasteiger partial charge on any atom is -0.343 e. The highest BCUT2D eigenvalue weighted by molar-refractivity contribution is 5.96. The standard InChI is InChI=1S/C10H20N4O2/c11-5-1-3-7-9(15)14-8(4-2-6-12)10(16)13-7/h7-8H,1-6,11-12H2,(H,13,16)(H,14,15). The molecule has 6 N–H and O–H groups in total. The normalized spacial score (nSPS) is 25.1. The predicted octanol–water partition coefficient (Wildman–Crippen LogP) is -1.55. The summed E-state index contributed by atoms with van der Waals surface area (Å²) in [6.07, 6.45) is 2.65. The van der Waals surface area contributed by atoms with Crippen molar-refractivity contribution >= 4 is 11.8 Å². The fourth-order valence-corrected chi connectivity index (χ4v) is 1.73. The maximum atomic E-state index is 11.6. The highest BCUT2D eigenvalue weighted by Gasteiger charge is 2.32. The van der Waals surface area contributed by atoms with Crippen LogP contribution in [0.2, 0.25) is 0 Å². The SMILES string of the molecule is NCCCC1NC(=O)C(CCCN)NC1=O. The number of carbonyl (C=O) groups is 2. The van der Waals surface area contributed by atoms with E-state index in [-0.39, 0.29) is 11.8 Å². The molecule has 1 fully saturated rings. The van der Waals surface area contributed by atoms with Gasteiger partial charge in [0.2, 0.25) is 11.8 Å². The summed E-state index contributed by atoms with van der Waals surface area (Å²) in [5.41, 5.74) is 10.7. The van der Waals surface area contributed by atoms with Crippen LogP contribution < -0.4 is 22.1 Å². The largest absolute Gasteiger partial charge is 0.343 e. The zero-order valence-corrected chi connectivity index (χ0v) is 9.37. The summed E-state index contributed by atoms with van der Waals surface area (Å²) >= 11 is 0. The lowest BCUT2D eigenvalue weighted by Gasteiger charge is -2.29. The van der Waals surface area contributed by atoms with Crippen LogP contribution in [0.5, 0.6) is 0 Å². The van der Waals surface area contributed by atoms with Gasteiger partial charge in [-0.05, 0) is 38.8 Å². The van der Waals surface area contributed by atoms with Crippen molar-refractivity contribution in [2.75, 3.05) is 13.1 Å². The van der Waals surface area contributed by atoms with Crippen LogP contribution in [0.25, 0.3) is 0 Å². The van der Waals surface area contributed by atoms with Crippen molar-refractivity contribution in [1.82, 2.24) is 10.6 Å². The third-order valence-electron chi connectivity index (χ3n) is 2.66. The molecule has 1 aliphatic heterocycles. The second-order valence-corrected chi connectivity index (χ2v) is 3.98. The van der Waals surface area contributed by atoms with Crippen LogP contribution in [0.1, 0.15) is 25.7 Å². The Hall–Kier alpha value is -1.14. The molecule has 0 spiro atoms. The van der Waals surface area contributed by atoms with E-state index in [1.807, 2.05) is 0 Å². The van der Waals surface area contributed by atoms with Crippen LogP contribution in [-0.2, 0) is 9.59 Å². The number of amides is 2. The first kappa shape index (κ1) is 12.9. The molecule has 1 saturated heterocycles. The van der Waals surface area contributed by atoms with Gasteiger partial charge in [0.05, 0.1) is 0 Å². The Morgan fingerprint density at radius 1 is 0.875 bits per heavy atom. The third-order valence-corrected chi connectivity index (χ3v) is 2.66. The van der Waals surface area contributed by atoms with E-state index in [2.05, 4.69) is 10.6 Å². The number of rotatable bonds is 6. The molecule has 16 heavy (non-hydrogen) atoms. The molecule has 0 saturated carbocycles. The Kier molecular flexibility index (Phi) is 5.21. The van der Waals surface area contributed by atoms with Gasteiger partial charge in [-0.2, -0.15) is 0 Å². The first-order chi connectivity index (χ1) is 7.69. The second-order valence-electron chi connectivity index (χ2n) is 3.98. The highest BCUT2D eigenvalue weighted by Crippen LogP contribution is 2.07. The molecular weight excluding hydrogens is 208 g/mol. The number of piperazine rings is 1. The Morgan fingerprint density at radius 3 is 1.56 bits per heavy atom. The lowest BCUT2D eigenvalue weighted by Crippen LogP contribution is -2.61. The van der Waals surface area contributed by atoms with Gasteiger partial charge >= 0.3 is 0 Å². The van der Waals surface area contributed by atoms with Crippen LogP contribution in [0, 0.1) is 0 Å². The molecule has 0 aliphatic carbocycles. The van der Waals surface area contributed by atoms with Gasteiger partial charge in [-0.1, -0.05) is 0 Å². The van der Waals surface area contributed by atoms with Gasteiger partial charge in [0.25, 0.3) is 0 Å². The van der Waals surface area contributed by atoms with Crippen LogP contribution >= 0.6 is 0 Å². The van der Waals surface area contributed by atoms with Crippen LogP contribution in [0.4, 0.5) is 0 Å². The predicted molar refractivity (Wildman–Crippen MR) is 60.4 cm³/mol. The molecule has 0 aromatic heterocycles. The van der Waals surface area contributed by atoms with E-state index < -0.39 is 12.1 Å². The van der Waals surface area contributed by atoms with E-state index in [0.717, 1.165) is 12.8 Å². The molecule has 2 amide bonds. The molecule has 1 rings (SSSR count). The summed E-state index contributed by atoms with van der Waals surface area (Å²) in [6, 6.07) is -0.852. The zero-order valence-electron chi connectivity index (χ0n) is 9.37. The lowest BCUT2D eigenvalue weighted by atomic mass is 10.0. The number of hydrogen-bond acceptors (Lipinski definition) is 4. The third kappa shape index (κ3) is 3.46. The van der Waals surface area contributed by atoms with Crippen LogP contribution in [0.3, 0.4) is 0 Å². The molecule has 6 heteroatoms. The smallest absolute Gasteiger partial charge is 0.243 e. The summed E-state index contributed by atoms with van der Waals surface area (Å²) in [5.74, 6) is -0.231. The van der Waals surface area contributed by atoms with E-state index in [0.29, 0.717) is 25.9 Å². The number of hydrogen-bond donors (Lipinski definition) is 4. The van der Waals surface area contributed by atoms with Crippen molar-refractivity contribution in [2.45, 2.75) is 37.8 Å². The van der Waals surface area contributed by atoms with Crippen molar-refractivity contribution in [3.05, 3.63) is 0 Å². The van der Waals surface area contributed by atoms with Crippen molar-refractivity contribution in [3.63, 3.8) is 0 Å². The summed E-state index contributed by atoms with van der Waals surface area (Å²) in [7, 11) is 0. The number of carbonyl (C=O) groups excluding carboxylic acids is 2. The Balaban J connectivity index is 2.43. The van der Waals surface area contributed by atoms with Crippen molar-refractivity contribution in [3.8, 4) is 0 Å². The van der Waals surface area contributed by atoms with Gasteiger partial charge in [-0.15, -0.1) is 0 Å². The molecule has 2 unspecified atom stereocenters. The first-order valence-electron chi connectivity index (χ1n) is 5.70. The lowest BCUT2D eigenvalue weighted by molar-refractivity contribution is -0.137. The summed E-state index contributed by atoms with van der Waals surface area (Å²) in [6.45, 7) is 1.05. The Morgan fingerprint density at radius 2 is 1.25 bits per heavy atom. The fourth-order valence-electron chi connectivity index (χ4n) is 1.73. The molecule has 1 aliphatic rings. The average molecular weight is 228 g/mol. The van der Waals surface area contributed by atoms with Gasteiger partial charge in [0.15, 0.2) is 0 Å². The van der Waals surface area contributed by atoms with Gasteiger partial charge in [-0.25, -0.2) is 0 Å². The number of nitrogens with one attached hydrogen (secondary N) is 2. The van der Waals surface area contributed by atoms with Crippen molar-refractivity contribution < 1.29 is 9.59 Å². The number of nitrogens with two attached hydrogens (primary N) is 2. The van der Waals surface area contributed by atoms with Crippen LogP contribution in [-0.4, -0.2) is 37.0 Å². The summed E-state index contributed by atoms with van der Waals surface area (Å²) < 4.78 is 0. The molecular formula is C10H20N4O2. The minimum atomic E-state index is -0.426. The van der Waals surface area contributed by atoms with E-state index in [1.54, 1.807) is 0 Å². The maximum absolute atomic E-state index is 11.6. The molecule has 2 atom stereocenters. The van der Waals surface area contributed by atoms with Gasteiger partial charge in [0, 0.05) is 0 Å². The average Bonchev–Trinajstić information content (AvgIpc) is 2.28. The molecule has 6 nitrogen and oxygen atoms in total. The molecule has 92 valence electrons. The topological polar surface area (TPSA) is 110 Å². The second kappa shape index (κ2) is 6.44. The van der Waals surface area contributed by atoms with Gasteiger partial charge < -0.3 is 22.1 Å². The first-order valence-corrected chi connectivity index (χ1v) is 5.70. The monoisotopic (exact) mass is 228 g/mol. The van der Waals surface area contributed by atoms with Gasteiger partial charge in [0.1, 0.15) is 12.1 Å². The quantitative estimate of drug-likeness (QED) is 0.441. The maximum Gasteiger partial charge on any atom is 0.243 e. The van der Waals surface area contributed by atoms with E-state index in [1.165, 1.54) is 0 Å². The molecule has 1 heterocycles. The van der Waals surface area contributed by atoms with Gasteiger partial charge in [-0.3, -0.25) is 9.59 Å². The van der Waals surface area contributed by atoms with Crippen molar-refractivity contribution in [2.24, 2.45) is 11.5 Å².